The van der Waals surface area contributed by atoms with Crippen LogP contribution < -0.4 is 0 Å². The molecule has 0 N–H and O–H groups in total. The molecule has 124 valence electrons. The fourth-order valence-electron chi connectivity index (χ4n) is 3.73. The van der Waals surface area contributed by atoms with Crippen LogP contribution in [0.3, 0.4) is 0 Å². The van der Waals surface area contributed by atoms with Crippen LogP contribution in [0.25, 0.3) is 0 Å². The molecular weight excluding hydrogens is 326 g/mol. The Bertz CT molecular complexity index is 785. The van der Waals surface area contributed by atoms with E-state index in [9.17, 15) is 19.2 Å². The van der Waals surface area contributed by atoms with Gasteiger partial charge in [-0.15, -0.1) is 9.24 Å². The molecule has 24 heavy (non-hydrogen) atoms. The second kappa shape index (κ2) is 6.11. The highest BCUT2D eigenvalue weighted by Gasteiger charge is 2.52. The smallest absolute Gasteiger partial charge is 0.237 e. The van der Waals surface area contributed by atoms with Crippen LogP contribution in [-0.2, 0) is 16.1 Å². The summed E-state index contributed by atoms with van der Waals surface area (Å²) in [6, 6.07) is 8.09. The lowest BCUT2D eigenvalue weighted by atomic mass is 9.69. The molecule has 1 amide bonds. The van der Waals surface area contributed by atoms with Crippen molar-refractivity contribution in [2.24, 2.45) is 11.8 Å². The van der Waals surface area contributed by atoms with E-state index in [1.165, 1.54) is 18.2 Å². The number of Topliss-reactive ketones (excluding diaryl/α,β-unsaturated/α-hetero) is 1. The van der Waals surface area contributed by atoms with Gasteiger partial charge in [0.05, 0.1) is 10.7 Å². The van der Waals surface area contributed by atoms with E-state index in [0.717, 1.165) is 5.56 Å². The second-order valence-electron chi connectivity index (χ2n) is 6.51. The molecule has 1 saturated heterocycles. The van der Waals surface area contributed by atoms with Crippen molar-refractivity contribution in [3.8, 4) is 6.07 Å². The van der Waals surface area contributed by atoms with Gasteiger partial charge in [0.2, 0.25) is 5.91 Å². The van der Waals surface area contributed by atoms with Crippen molar-refractivity contribution in [1.29, 1.82) is 5.26 Å². The van der Waals surface area contributed by atoms with Crippen LogP contribution in [0.1, 0.15) is 18.9 Å². The van der Waals surface area contributed by atoms with Crippen molar-refractivity contribution < 1.29 is 14.0 Å². The van der Waals surface area contributed by atoms with Crippen LogP contribution >= 0.6 is 9.24 Å². The molecule has 0 saturated carbocycles. The highest BCUT2D eigenvalue weighted by atomic mass is 31.0. The van der Waals surface area contributed by atoms with Gasteiger partial charge in [-0.3, -0.25) is 9.59 Å². The number of likely N-dealkylation sites (tertiary alicyclic amines) is 1. The van der Waals surface area contributed by atoms with Crippen LogP contribution in [0, 0.1) is 29.0 Å². The molecular formula is C18H18FN2O2P. The molecule has 0 aromatic heterocycles. The van der Waals surface area contributed by atoms with E-state index in [4.69, 9.17) is 0 Å². The molecule has 0 radical (unpaired) electrons. The van der Waals surface area contributed by atoms with E-state index in [2.05, 4.69) is 9.24 Å². The first kappa shape index (κ1) is 16.8. The lowest BCUT2D eigenvalue weighted by Gasteiger charge is -2.47. The average molecular weight is 344 g/mol. The lowest BCUT2D eigenvalue weighted by molar-refractivity contribution is -0.140. The maximum absolute atomic E-state index is 13.4. The van der Waals surface area contributed by atoms with E-state index in [1.54, 1.807) is 24.0 Å². The molecule has 2 aliphatic rings. The van der Waals surface area contributed by atoms with Crippen LogP contribution in [0.2, 0.25) is 0 Å². The maximum atomic E-state index is 13.4. The molecule has 1 aliphatic heterocycles. The van der Waals surface area contributed by atoms with Gasteiger partial charge in [0.1, 0.15) is 11.9 Å². The predicted octanol–water partition coefficient (Wildman–Crippen LogP) is 2.46. The average Bonchev–Trinajstić information content (AvgIpc) is 2.55. The van der Waals surface area contributed by atoms with Crippen LogP contribution in [0.4, 0.5) is 4.39 Å². The van der Waals surface area contributed by atoms with Crippen molar-refractivity contribution in [1.82, 2.24) is 4.90 Å². The summed E-state index contributed by atoms with van der Waals surface area (Å²) >= 11 is 0. The molecule has 1 heterocycles. The molecule has 3 rings (SSSR count). The molecule has 4 nitrogen and oxygen atoms in total. The van der Waals surface area contributed by atoms with Gasteiger partial charge in [0.25, 0.3) is 0 Å². The number of hydrogen-bond donors (Lipinski definition) is 0. The fraction of sp³-hybridized carbons (Fsp3) is 0.389. The standard InChI is InChI=1S/C18H18FN2O2P/c1-11-15-5-6-21(10-12-3-2-4-14(19)7-12)17(23)18(15,24)8-13(9-20)16(11)22/h2-4,7-8,11,15H,5-6,10,24H2,1H3/t11-,15-,18+/m1/s1. The van der Waals surface area contributed by atoms with Gasteiger partial charge in [-0.05, 0) is 36.1 Å². The number of hydrogen-bond acceptors (Lipinski definition) is 3. The Labute approximate surface area is 142 Å². The SMILES string of the molecule is C[C@H]1C(=O)C(C#N)=C[C@@]2(P)C(=O)N(Cc3cccc(F)c3)CC[C@H]12. The van der Waals surface area contributed by atoms with Crippen molar-refractivity contribution in [3.63, 3.8) is 0 Å². The summed E-state index contributed by atoms with van der Waals surface area (Å²) in [4.78, 5) is 26.9. The van der Waals surface area contributed by atoms with Gasteiger partial charge in [-0.2, -0.15) is 5.26 Å². The summed E-state index contributed by atoms with van der Waals surface area (Å²) < 4.78 is 13.4. The van der Waals surface area contributed by atoms with Gasteiger partial charge in [-0.25, -0.2) is 4.39 Å². The number of amides is 1. The second-order valence-corrected chi connectivity index (χ2v) is 7.46. The third-order valence-corrected chi connectivity index (χ3v) is 5.87. The summed E-state index contributed by atoms with van der Waals surface area (Å²) in [5, 5.41) is 8.25. The predicted molar refractivity (Wildman–Crippen MR) is 90.2 cm³/mol. The lowest BCUT2D eigenvalue weighted by Crippen LogP contribution is -2.58. The van der Waals surface area contributed by atoms with Crippen LogP contribution in [-0.4, -0.2) is 28.3 Å². The van der Waals surface area contributed by atoms with Crippen LogP contribution in [0.15, 0.2) is 35.9 Å². The maximum Gasteiger partial charge on any atom is 0.237 e. The largest absolute Gasteiger partial charge is 0.337 e. The van der Waals surface area contributed by atoms with Crippen LogP contribution in [0.5, 0.6) is 0 Å². The van der Waals surface area contributed by atoms with E-state index in [0.29, 0.717) is 19.5 Å². The van der Waals surface area contributed by atoms with Crippen molar-refractivity contribution in [3.05, 3.63) is 47.3 Å². The third kappa shape index (κ3) is 2.65. The molecule has 1 fully saturated rings. The Kier molecular flexibility index (Phi) is 4.27. The zero-order valence-corrected chi connectivity index (χ0v) is 14.5. The summed E-state index contributed by atoms with van der Waals surface area (Å²) in [5.41, 5.74) is 0.773. The first-order valence-corrected chi connectivity index (χ1v) is 8.44. The number of piperidine rings is 1. The molecule has 0 spiro atoms. The number of nitrogens with zero attached hydrogens (tertiary/aromatic N) is 2. The number of nitriles is 1. The third-order valence-electron chi connectivity index (χ3n) is 5.03. The molecule has 6 heteroatoms. The molecule has 1 aromatic rings. The number of fused-ring (bicyclic) bond motifs is 1. The van der Waals surface area contributed by atoms with Crippen molar-refractivity contribution in [2.75, 3.05) is 6.54 Å². The van der Waals surface area contributed by atoms with Gasteiger partial charge in [0, 0.05) is 19.0 Å². The quantitative estimate of drug-likeness (QED) is 0.775. The molecule has 1 aromatic carbocycles. The van der Waals surface area contributed by atoms with Gasteiger partial charge < -0.3 is 4.90 Å². The zero-order valence-electron chi connectivity index (χ0n) is 13.3. The Morgan fingerprint density at radius 3 is 2.88 bits per heavy atom. The molecule has 4 atom stereocenters. The number of carbonyl (C=O) groups is 2. The number of rotatable bonds is 2. The summed E-state index contributed by atoms with van der Waals surface area (Å²) in [5.74, 6) is -1.16. The minimum absolute atomic E-state index is 0.0507. The minimum atomic E-state index is -0.941. The Morgan fingerprint density at radius 2 is 2.21 bits per heavy atom. The number of halogens is 1. The van der Waals surface area contributed by atoms with Gasteiger partial charge in [-0.1, -0.05) is 19.1 Å². The van der Waals surface area contributed by atoms with Gasteiger partial charge in [0.15, 0.2) is 5.78 Å². The van der Waals surface area contributed by atoms with Crippen molar-refractivity contribution in [2.45, 2.75) is 25.0 Å². The Morgan fingerprint density at radius 1 is 1.46 bits per heavy atom. The van der Waals surface area contributed by atoms with E-state index < -0.39 is 5.16 Å². The van der Waals surface area contributed by atoms with Gasteiger partial charge >= 0.3 is 0 Å². The Balaban J connectivity index is 1.92. The first-order chi connectivity index (χ1) is 11.4. The van der Waals surface area contributed by atoms with E-state index in [1.807, 2.05) is 6.07 Å². The monoisotopic (exact) mass is 344 g/mol. The highest BCUT2D eigenvalue weighted by molar-refractivity contribution is 7.21. The van der Waals surface area contributed by atoms with E-state index in [-0.39, 0.29) is 34.9 Å². The topological polar surface area (TPSA) is 61.2 Å². The summed E-state index contributed by atoms with van der Waals surface area (Å²) in [7, 11) is 2.56. The van der Waals surface area contributed by atoms with Crippen molar-refractivity contribution >= 4 is 20.9 Å². The highest BCUT2D eigenvalue weighted by Crippen LogP contribution is 2.46. The zero-order chi connectivity index (χ0) is 17.5. The summed E-state index contributed by atoms with van der Waals surface area (Å²) in [6.45, 7) is 2.62. The number of ketones is 1. The fourth-order valence-corrected chi connectivity index (χ4v) is 4.54. The molecule has 1 unspecified atom stereocenters. The number of allylic oxidation sites excluding steroid dienone is 1. The molecule has 0 bridgehead atoms. The van der Waals surface area contributed by atoms with E-state index >= 15 is 0 Å². The number of benzene rings is 1. The Hall–Kier alpha value is -2.05. The normalized spacial score (nSPS) is 29.8. The molecule has 1 aliphatic carbocycles. The first-order valence-electron chi connectivity index (χ1n) is 7.86. The summed E-state index contributed by atoms with van der Waals surface area (Å²) in [6.07, 6.45) is 2.18. The minimum Gasteiger partial charge on any atom is -0.337 e. The number of carbonyl (C=O) groups excluding carboxylic acids is 2.